The number of sulfone groups is 1. The largest absolute Gasteiger partial charge is 0.384 e. The van der Waals surface area contributed by atoms with Gasteiger partial charge >= 0.3 is 0 Å². The topological polar surface area (TPSA) is 89.2 Å². The Hall–Kier alpha value is -1.37. The van der Waals surface area contributed by atoms with E-state index in [4.69, 9.17) is 5.73 Å². The summed E-state index contributed by atoms with van der Waals surface area (Å²) in [6, 6.07) is 1.62. The summed E-state index contributed by atoms with van der Waals surface area (Å²) >= 11 is 0. The summed E-state index contributed by atoms with van der Waals surface area (Å²) in [7, 11) is -1.19. The first-order chi connectivity index (χ1) is 7.28. The fraction of sp³-hybridized carbons (Fsp3) is 0.556. The number of hydrogen-bond donors (Lipinski definition) is 1. The molecule has 1 aromatic heterocycles. The number of rotatable bonds is 4. The number of nitrogen functional groups attached to an aromatic ring is 1. The molecule has 0 aliphatic rings. The van der Waals surface area contributed by atoms with Crippen molar-refractivity contribution in [3.8, 4) is 0 Å². The molecule has 0 spiro atoms. The molecule has 0 unspecified atom stereocenters. The van der Waals surface area contributed by atoms with Gasteiger partial charge in [-0.15, -0.1) is 0 Å². The van der Waals surface area contributed by atoms with E-state index in [0.717, 1.165) is 0 Å². The summed E-state index contributed by atoms with van der Waals surface area (Å²) in [6.07, 6.45) is 1.21. The molecule has 2 N–H and O–H groups in total. The standard InChI is InChI=1S/C9H16N4O2S/c1-7-11-8(10)6-9(12-7)13(2)4-5-16(3,14)15/h6H,4-5H2,1-3H3,(H2,10,11,12). The molecule has 90 valence electrons. The summed E-state index contributed by atoms with van der Waals surface area (Å²) in [5, 5.41) is 0. The molecule has 0 aliphatic carbocycles. The molecule has 0 atom stereocenters. The molecule has 16 heavy (non-hydrogen) atoms. The highest BCUT2D eigenvalue weighted by Gasteiger charge is 2.08. The second-order valence-electron chi connectivity index (χ2n) is 3.75. The third-order valence-corrected chi connectivity index (χ3v) is 2.96. The summed E-state index contributed by atoms with van der Waals surface area (Å²) in [5.41, 5.74) is 5.58. The Kier molecular flexibility index (Phi) is 3.69. The first-order valence-electron chi connectivity index (χ1n) is 4.78. The minimum Gasteiger partial charge on any atom is -0.384 e. The average molecular weight is 244 g/mol. The Morgan fingerprint density at radius 2 is 2.06 bits per heavy atom. The average Bonchev–Trinajstić information content (AvgIpc) is 2.11. The number of aromatic nitrogens is 2. The van der Waals surface area contributed by atoms with Crippen LogP contribution < -0.4 is 10.6 Å². The molecule has 0 amide bonds. The molecule has 0 saturated carbocycles. The third-order valence-electron chi connectivity index (χ3n) is 2.03. The molecule has 0 bridgehead atoms. The van der Waals surface area contributed by atoms with Crippen LogP contribution in [0.15, 0.2) is 6.07 Å². The first kappa shape index (κ1) is 12.7. The smallest absolute Gasteiger partial charge is 0.149 e. The van der Waals surface area contributed by atoms with Crippen molar-refractivity contribution in [1.29, 1.82) is 0 Å². The van der Waals surface area contributed by atoms with E-state index in [1.54, 1.807) is 24.9 Å². The molecule has 1 rings (SSSR count). The number of anilines is 2. The SMILES string of the molecule is Cc1nc(N)cc(N(C)CCS(C)(=O)=O)n1. The Balaban J connectivity index is 2.76. The maximum atomic E-state index is 11.0. The Morgan fingerprint density at radius 1 is 1.44 bits per heavy atom. The van der Waals surface area contributed by atoms with E-state index in [9.17, 15) is 8.42 Å². The zero-order chi connectivity index (χ0) is 12.3. The van der Waals surface area contributed by atoms with Crippen molar-refractivity contribution in [3.63, 3.8) is 0 Å². The second-order valence-corrected chi connectivity index (χ2v) is 6.01. The lowest BCUT2D eigenvalue weighted by atomic mass is 10.4. The molecule has 6 nitrogen and oxygen atoms in total. The van der Waals surface area contributed by atoms with Crippen molar-refractivity contribution >= 4 is 21.5 Å². The summed E-state index contributed by atoms with van der Waals surface area (Å²) in [6.45, 7) is 2.12. The fourth-order valence-electron chi connectivity index (χ4n) is 1.19. The maximum Gasteiger partial charge on any atom is 0.149 e. The summed E-state index contributed by atoms with van der Waals surface area (Å²) < 4.78 is 22.0. The van der Waals surface area contributed by atoms with Crippen LogP contribution in [0.5, 0.6) is 0 Å². The van der Waals surface area contributed by atoms with Crippen LogP contribution in [0, 0.1) is 6.92 Å². The second kappa shape index (κ2) is 4.65. The predicted molar refractivity (Wildman–Crippen MR) is 64.2 cm³/mol. The van der Waals surface area contributed by atoms with Crippen LogP contribution in [-0.4, -0.2) is 44.0 Å². The van der Waals surface area contributed by atoms with Gasteiger partial charge in [0.25, 0.3) is 0 Å². The molecular weight excluding hydrogens is 228 g/mol. The minimum absolute atomic E-state index is 0.0897. The van der Waals surface area contributed by atoms with E-state index in [1.165, 1.54) is 6.26 Å². The Morgan fingerprint density at radius 3 is 2.56 bits per heavy atom. The number of hydrogen-bond acceptors (Lipinski definition) is 6. The van der Waals surface area contributed by atoms with Gasteiger partial charge in [0.1, 0.15) is 27.3 Å². The van der Waals surface area contributed by atoms with Gasteiger partial charge in [0.2, 0.25) is 0 Å². The number of nitrogens with two attached hydrogens (primary N) is 1. The molecule has 1 aromatic rings. The highest BCUT2D eigenvalue weighted by Crippen LogP contribution is 2.11. The van der Waals surface area contributed by atoms with E-state index in [1.807, 2.05) is 0 Å². The van der Waals surface area contributed by atoms with Crippen molar-refractivity contribution in [2.45, 2.75) is 6.92 Å². The first-order valence-corrected chi connectivity index (χ1v) is 6.84. The van der Waals surface area contributed by atoms with Crippen molar-refractivity contribution < 1.29 is 8.42 Å². The van der Waals surface area contributed by atoms with Crippen molar-refractivity contribution in [1.82, 2.24) is 9.97 Å². The van der Waals surface area contributed by atoms with Gasteiger partial charge in [-0.25, -0.2) is 18.4 Å². The van der Waals surface area contributed by atoms with E-state index in [2.05, 4.69) is 9.97 Å². The van der Waals surface area contributed by atoms with Gasteiger partial charge in [-0.05, 0) is 6.92 Å². The van der Waals surface area contributed by atoms with E-state index < -0.39 is 9.84 Å². The third kappa shape index (κ3) is 4.01. The normalized spacial score (nSPS) is 11.4. The van der Waals surface area contributed by atoms with Crippen LogP contribution in [0.4, 0.5) is 11.6 Å². The highest BCUT2D eigenvalue weighted by molar-refractivity contribution is 7.90. The molecule has 0 fully saturated rings. The van der Waals surface area contributed by atoms with Gasteiger partial charge in [0, 0.05) is 25.9 Å². The lowest BCUT2D eigenvalue weighted by molar-refractivity contribution is 0.601. The van der Waals surface area contributed by atoms with Crippen LogP contribution in [-0.2, 0) is 9.84 Å². The van der Waals surface area contributed by atoms with Gasteiger partial charge in [0.15, 0.2) is 0 Å². The zero-order valence-electron chi connectivity index (χ0n) is 9.64. The maximum absolute atomic E-state index is 11.0. The van der Waals surface area contributed by atoms with Gasteiger partial charge < -0.3 is 10.6 Å². The molecule has 1 heterocycles. The minimum atomic E-state index is -2.96. The lowest BCUT2D eigenvalue weighted by Crippen LogP contribution is -2.26. The van der Waals surface area contributed by atoms with Gasteiger partial charge in [-0.2, -0.15) is 0 Å². The molecule has 0 radical (unpaired) electrons. The molecular formula is C9H16N4O2S. The van der Waals surface area contributed by atoms with Crippen molar-refractivity contribution in [2.24, 2.45) is 0 Å². The monoisotopic (exact) mass is 244 g/mol. The Labute approximate surface area is 95.4 Å². The van der Waals surface area contributed by atoms with Crippen molar-refractivity contribution in [2.75, 3.05) is 36.2 Å². The zero-order valence-corrected chi connectivity index (χ0v) is 10.5. The molecule has 0 aliphatic heterocycles. The Bertz CT molecular complexity index is 452. The predicted octanol–water partition coefficient (Wildman–Crippen LogP) is -0.152. The molecule has 0 aromatic carbocycles. The number of aryl methyl sites for hydroxylation is 1. The van der Waals surface area contributed by atoms with E-state index in [0.29, 0.717) is 24.0 Å². The fourth-order valence-corrected chi connectivity index (χ4v) is 1.79. The number of nitrogens with zero attached hydrogens (tertiary/aromatic N) is 3. The van der Waals surface area contributed by atoms with E-state index >= 15 is 0 Å². The van der Waals surface area contributed by atoms with Crippen LogP contribution in [0.1, 0.15) is 5.82 Å². The van der Waals surface area contributed by atoms with Gasteiger partial charge in [-0.3, -0.25) is 0 Å². The quantitative estimate of drug-likeness (QED) is 0.792. The lowest BCUT2D eigenvalue weighted by Gasteiger charge is -2.17. The summed E-state index contributed by atoms with van der Waals surface area (Å²) in [5.74, 6) is 1.68. The van der Waals surface area contributed by atoms with Crippen LogP contribution in [0.2, 0.25) is 0 Å². The molecule has 7 heteroatoms. The van der Waals surface area contributed by atoms with Gasteiger partial charge in [-0.1, -0.05) is 0 Å². The van der Waals surface area contributed by atoms with Crippen LogP contribution in [0.3, 0.4) is 0 Å². The van der Waals surface area contributed by atoms with E-state index in [-0.39, 0.29) is 5.75 Å². The van der Waals surface area contributed by atoms with Crippen LogP contribution >= 0.6 is 0 Å². The van der Waals surface area contributed by atoms with Crippen molar-refractivity contribution in [3.05, 3.63) is 11.9 Å². The highest BCUT2D eigenvalue weighted by atomic mass is 32.2. The summed E-state index contributed by atoms with van der Waals surface area (Å²) in [4.78, 5) is 9.86. The van der Waals surface area contributed by atoms with Crippen LogP contribution in [0.25, 0.3) is 0 Å². The molecule has 0 saturated heterocycles. The van der Waals surface area contributed by atoms with Gasteiger partial charge in [0.05, 0.1) is 5.75 Å².